The zero-order valence-corrected chi connectivity index (χ0v) is 20.1. The van der Waals surface area contributed by atoms with Gasteiger partial charge in [0.2, 0.25) is 5.82 Å². The molecule has 1 aliphatic rings. The lowest BCUT2D eigenvalue weighted by Crippen LogP contribution is -2.23. The number of amides is 1. The van der Waals surface area contributed by atoms with Crippen LogP contribution in [0.25, 0.3) is 10.6 Å². The van der Waals surface area contributed by atoms with Crippen LogP contribution in [0.2, 0.25) is 0 Å². The van der Waals surface area contributed by atoms with Crippen molar-refractivity contribution >= 4 is 17.2 Å². The van der Waals surface area contributed by atoms with Gasteiger partial charge in [-0.2, -0.15) is 13.2 Å². The summed E-state index contributed by atoms with van der Waals surface area (Å²) in [5, 5.41) is 3.47. The molecule has 11 heteroatoms. The van der Waals surface area contributed by atoms with E-state index < -0.39 is 17.9 Å². The van der Waals surface area contributed by atoms with Crippen LogP contribution in [0.3, 0.4) is 0 Å². The molecular formula is C24H25F3N4O3S. The molecule has 1 fully saturated rings. The largest absolute Gasteiger partial charge is 0.491 e. The van der Waals surface area contributed by atoms with Gasteiger partial charge in [-0.1, -0.05) is 13.8 Å². The molecule has 1 aliphatic heterocycles. The van der Waals surface area contributed by atoms with Crippen molar-refractivity contribution in [3.8, 4) is 16.3 Å². The van der Waals surface area contributed by atoms with Crippen molar-refractivity contribution in [2.24, 2.45) is 0 Å². The average Bonchev–Trinajstić information content (AvgIpc) is 3.53. The van der Waals surface area contributed by atoms with Crippen LogP contribution < -0.4 is 10.1 Å². The fourth-order valence-electron chi connectivity index (χ4n) is 3.47. The van der Waals surface area contributed by atoms with Gasteiger partial charge in [-0.25, -0.2) is 15.0 Å². The van der Waals surface area contributed by atoms with Crippen molar-refractivity contribution in [1.29, 1.82) is 0 Å². The number of nitrogens with one attached hydrogen (secondary N) is 1. The van der Waals surface area contributed by atoms with Gasteiger partial charge in [0.05, 0.1) is 6.10 Å². The van der Waals surface area contributed by atoms with Crippen LogP contribution in [0.1, 0.15) is 59.2 Å². The molecule has 1 unspecified atom stereocenters. The highest BCUT2D eigenvalue weighted by Crippen LogP contribution is 2.32. The lowest BCUT2D eigenvalue weighted by atomic mass is 10.1. The van der Waals surface area contributed by atoms with Crippen molar-refractivity contribution in [3.63, 3.8) is 0 Å². The van der Waals surface area contributed by atoms with Crippen molar-refractivity contribution in [1.82, 2.24) is 20.3 Å². The van der Waals surface area contributed by atoms with Crippen LogP contribution in [0.5, 0.6) is 5.75 Å². The third-order valence-corrected chi connectivity index (χ3v) is 6.73. The maximum atomic E-state index is 12.9. The van der Waals surface area contributed by atoms with Crippen molar-refractivity contribution in [2.45, 2.75) is 51.4 Å². The predicted octanol–water partition coefficient (Wildman–Crippen LogP) is 5.23. The highest BCUT2D eigenvalue weighted by atomic mass is 32.1. The lowest BCUT2D eigenvalue weighted by molar-refractivity contribution is -0.145. The Labute approximate surface area is 204 Å². The Morgan fingerprint density at radius 3 is 2.60 bits per heavy atom. The molecule has 186 valence electrons. The van der Waals surface area contributed by atoms with E-state index in [9.17, 15) is 18.0 Å². The SMILES string of the molecule is CC(C)c1cnc(-c2cc(OCC3CCCO3)cc(C(=O)NCc3cnc(C(F)(F)F)nc3)c2)s1. The van der Waals surface area contributed by atoms with E-state index in [2.05, 4.69) is 34.1 Å². The summed E-state index contributed by atoms with van der Waals surface area (Å²) in [6, 6.07) is 5.20. The van der Waals surface area contributed by atoms with Crippen molar-refractivity contribution < 1.29 is 27.4 Å². The van der Waals surface area contributed by atoms with Crippen molar-refractivity contribution in [2.75, 3.05) is 13.2 Å². The first kappa shape index (κ1) is 25.1. The Kier molecular flexibility index (Phi) is 7.66. The van der Waals surface area contributed by atoms with E-state index in [0.29, 0.717) is 36.0 Å². The summed E-state index contributed by atoms with van der Waals surface area (Å²) < 4.78 is 49.5. The summed E-state index contributed by atoms with van der Waals surface area (Å²) in [6.45, 7) is 5.24. The van der Waals surface area contributed by atoms with E-state index >= 15 is 0 Å². The Balaban J connectivity index is 1.52. The molecule has 1 saturated heterocycles. The molecule has 1 atom stereocenters. The fourth-order valence-corrected chi connectivity index (χ4v) is 4.37. The normalized spacial score (nSPS) is 16.0. The van der Waals surface area contributed by atoms with Crippen LogP contribution in [0.4, 0.5) is 13.2 Å². The Morgan fingerprint density at radius 1 is 1.20 bits per heavy atom. The molecule has 0 aliphatic carbocycles. The van der Waals surface area contributed by atoms with Gasteiger partial charge in [0.1, 0.15) is 17.4 Å². The predicted molar refractivity (Wildman–Crippen MR) is 124 cm³/mol. The number of aromatic nitrogens is 3. The first-order chi connectivity index (χ1) is 16.7. The fraction of sp³-hybridized carbons (Fsp3) is 0.417. The summed E-state index contributed by atoms with van der Waals surface area (Å²) in [5.41, 5.74) is 1.44. The number of ether oxygens (including phenoxy) is 2. The monoisotopic (exact) mass is 506 g/mol. The number of rotatable bonds is 8. The molecule has 0 bridgehead atoms. The topological polar surface area (TPSA) is 86.2 Å². The van der Waals surface area contributed by atoms with Crippen LogP contribution in [0.15, 0.2) is 36.8 Å². The van der Waals surface area contributed by atoms with Gasteiger partial charge < -0.3 is 14.8 Å². The second-order valence-electron chi connectivity index (χ2n) is 8.51. The minimum atomic E-state index is -4.62. The summed E-state index contributed by atoms with van der Waals surface area (Å²) in [6.07, 6.45) is 1.24. The molecule has 4 rings (SSSR count). The third kappa shape index (κ3) is 6.55. The maximum absolute atomic E-state index is 12.9. The van der Waals surface area contributed by atoms with Crippen LogP contribution >= 0.6 is 11.3 Å². The van der Waals surface area contributed by atoms with E-state index in [4.69, 9.17) is 9.47 Å². The Morgan fingerprint density at radius 2 is 1.97 bits per heavy atom. The van der Waals surface area contributed by atoms with Gasteiger partial charge in [-0.3, -0.25) is 4.79 Å². The number of carbonyl (C=O) groups is 1. The molecule has 0 spiro atoms. The zero-order valence-electron chi connectivity index (χ0n) is 19.3. The molecule has 3 heterocycles. The first-order valence-electron chi connectivity index (χ1n) is 11.2. The molecule has 1 aromatic carbocycles. The molecule has 1 N–H and O–H groups in total. The summed E-state index contributed by atoms with van der Waals surface area (Å²) in [5.74, 6) is -0.789. The quantitative estimate of drug-likeness (QED) is 0.450. The number of thiazole rings is 1. The number of hydrogen-bond acceptors (Lipinski definition) is 7. The number of benzene rings is 1. The van der Waals surface area contributed by atoms with Crippen LogP contribution in [0, 0.1) is 0 Å². The highest BCUT2D eigenvalue weighted by Gasteiger charge is 2.34. The molecule has 3 aromatic rings. The second-order valence-corrected chi connectivity index (χ2v) is 9.57. The lowest BCUT2D eigenvalue weighted by Gasteiger charge is -2.14. The molecule has 2 aromatic heterocycles. The molecular weight excluding hydrogens is 481 g/mol. The van der Waals surface area contributed by atoms with Gasteiger partial charge in [0, 0.05) is 53.3 Å². The van der Waals surface area contributed by atoms with Gasteiger partial charge in [-0.15, -0.1) is 11.3 Å². The van der Waals surface area contributed by atoms with Crippen LogP contribution in [-0.2, 0) is 17.5 Å². The summed E-state index contributed by atoms with van der Waals surface area (Å²) in [7, 11) is 0. The Bertz CT molecular complexity index is 1160. The van der Waals surface area contributed by atoms with Gasteiger partial charge in [-0.05, 0) is 37.0 Å². The summed E-state index contributed by atoms with van der Waals surface area (Å²) in [4.78, 5) is 25.2. The standard InChI is InChI=1S/C24H25F3N4O3S/c1-14(2)20-12-29-22(35-20)17-6-16(7-19(8-17)34-13-18-4-3-5-33-18)21(32)28-9-15-10-30-23(31-11-15)24(25,26)27/h6-8,10-12,14,18H,3-5,9,13H2,1-2H3,(H,28,32). The van der Waals surface area contributed by atoms with E-state index in [0.717, 1.165) is 40.7 Å². The highest BCUT2D eigenvalue weighted by molar-refractivity contribution is 7.15. The maximum Gasteiger partial charge on any atom is 0.451 e. The number of hydrogen-bond donors (Lipinski definition) is 1. The number of alkyl halides is 3. The van der Waals surface area contributed by atoms with Gasteiger partial charge >= 0.3 is 6.18 Å². The Hall–Kier alpha value is -3.05. The first-order valence-corrected chi connectivity index (χ1v) is 12.0. The van der Waals surface area contributed by atoms with Gasteiger partial charge in [0.15, 0.2) is 0 Å². The minimum absolute atomic E-state index is 0.0167. The smallest absolute Gasteiger partial charge is 0.451 e. The molecule has 7 nitrogen and oxygen atoms in total. The second kappa shape index (κ2) is 10.7. The van der Waals surface area contributed by atoms with E-state index in [1.54, 1.807) is 23.5 Å². The van der Waals surface area contributed by atoms with Gasteiger partial charge in [0.25, 0.3) is 5.91 Å². The van der Waals surface area contributed by atoms with Crippen molar-refractivity contribution in [3.05, 3.63) is 58.6 Å². The minimum Gasteiger partial charge on any atom is -0.491 e. The van der Waals surface area contributed by atoms with E-state index in [1.807, 2.05) is 12.3 Å². The third-order valence-electron chi connectivity index (χ3n) is 5.38. The number of nitrogens with zero attached hydrogens (tertiary/aromatic N) is 3. The zero-order chi connectivity index (χ0) is 25.0. The molecule has 35 heavy (non-hydrogen) atoms. The average molecular weight is 507 g/mol. The van der Waals surface area contributed by atoms with E-state index in [1.165, 1.54) is 0 Å². The van der Waals surface area contributed by atoms with Crippen LogP contribution in [-0.4, -0.2) is 40.2 Å². The molecule has 0 radical (unpaired) electrons. The number of halogens is 3. The van der Waals surface area contributed by atoms with E-state index in [-0.39, 0.29) is 12.6 Å². The molecule has 0 saturated carbocycles. The molecule has 1 amide bonds. The number of carbonyl (C=O) groups excluding carboxylic acids is 1. The summed E-state index contributed by atoms with van der Waals surface area (Å²) >= 11 is 1.55.